The molecule has 0 saturated carbocycles. The van der Waals surface area contributed by atoms with Crippen LogP contribution in [0.3, 0.4) is 0 Å². The van der Waals surface area contributed by atoms with E-state index in [0.717, 1.165) is 0 Å². The first-order valence-corrected chi connectivity index (χ1v) is 0. The van der Waals surface area contributed by atoms with Crippen LogP contribution in [0, 0.1) is 0 Å². The van der Waals surface area contributed by atoms with Gasteiger partial charge in [0.25, 0.3) is 0 Å². The van der Waals surface area contributed by atoms with Gasteiger partial charge in [-0.1, -0.05) is 0 Å². The van der Waals surface area contributed by atoms with Crippen LogP contribution in [-0.2, 0) is 274 Å². The van der Waals surface area contributed by atoms with Crippen molar-refractivity contribution in [2.24, 2.45) is 0 Å². The molecule has 70 heteroatoms. The van der Waals surface area contributed by atoms with Crippen LogP contribution in [0.4, 0.5) is 0 Å². The minimum Gasteiger partial charge on any atom is -2.00 e. The number of hydrogen-bond acceptors (Lipinski definition) is 0. The maximum atomic E-state index is 0. The van der Waals surface area contributed by atoms with Gasteiger partial charge in [0.1, 0.15) is 0 Å². The third-order valence-electron chi connectivity index (χ3n) is 0. The predicted octanol–water partition coefficient (Wildman–Crippen LogP) is -13.6. The molecular weight excluding hydrogens is 1600 g/mol. The molecule has 70 heavy (non-hydrogen) atoms. The molecule has 0 spiro atoms. The first-order valence-electron chi connectivity index (χ1n) is 0. The molecular formula is Ca20O50-60. The van der Waals surface area contributed by atoms with Gasteiger partial charge in [-0.05, 0) is 0 Å². The second kappa shape index (κ2) is 1430. The van der Waals surface area contributed by atoms with Gasteiger partial charge >= 0.3 is 755 Å². The van der Waals surface area contributed by atoms with Crippen molar-refractivity contribution in [2.75, 3.05) is 0 Å². The Bertz CT molecular complexity index is 60.4. The minimum atomic E-state index is 0. The Kier molecular flexibility index (Phi) is 30000. The van der Waals surface area contributed by atoms with Crippen LogP contribution in [0.2, 0.25) is 0 Å². The normalized spacial score (nSPS) is 0. The zero-order valence-electron chi connectivity index (χ0n) is 34.6. The molecule has 0 bridgehead atoms. The molecule has 0 aliphatic rings. The van der Waals surface area contributed by atoms with Crippen molar-refractivity contribution in [2.45, 2.75) is 0 Å². The van der Waals surface area contributed by atoms with Crippen molar-refractivity contribution in [3.05, 3.63) is 0 Å². The Hall–Kier alpha value is 23.2. The molecule has 0 heterocycles. The molecule has 0 fully saturated rings. The fourth-order valence-electron chi connectivity index (χ4n) is 0. The summed E-state index contributed by atoms with van der Waals surface area (Å²) in [6, 6.07) is 0. The molecule has 0 radical (unpaired) electrons. The van der Waals surface area contributed by atoms with E-state index in [1.54, 1.807) is 0 Å². The molecule has 0 rings (SSSR count). The second-order valence-corrected chi connectivity index (χ2v) is 0. The summed E-state index contributed by atoms with van der Waals surface area (Å²) in [7, 11) is 0. The zero-order chi connectivity index (χ0) is 0. The molecule has 0 N–H and O–H groups in total. The Morgan fingerprint density at radius 2 is 0.0286 bits per heavy atom. The van der Waals surface area contributed by atoms with Gasteiger partial charge < -0.3 is 274 Å². The van der Waals surface area contributed by atoms with E-state index in [1.165, 1.54) is 0 Å². The molecule has 0 aromatic carbocycles. The molecule has 400 valence electrons. The van der Waals surface area contributed by atoms with E-state index in [-0.39, 0.29) is 1030 Å². The fourth-order valence-corrected chi connectivity index (χ4v) is 0. The zero-order valence-corrected chi connectivity index (χ0v) is 78.7. The van der Waals surface area contributed by atoms with Crippen LogP contribution in [0.15, 0.2) is 0 Å². The third-order valence-corrected chi connectivity index (χ3v) is 0. The van der Waals surface area contributed by atoms with Crippen LogP contribution in [0.1, 0.15) is 0 Å². The van der Waals surface area contributed by atoms with E-state index in [2.05, 4.69) is 0 Å². The number of hydrogen-bond donors (Lipinski definition) is 0. The van der Waals surface area contributed by atoms with Gasteiger partial charge in [-0.15, -0.1) is 0 Å². The topological polar surface area (TPSA) is 1420 Å². The van der Waals surface area contributed by atoms with Gasteiger partial charge in [-0.2, -0.15) is 0 Å². The van der Waals surface area contributed by atoms with Crippen LogP contribution in [0.5, 0.6) is 0 Å². The van der Waals surface area contributed by atoms with E-state index in [1.807, 2.05) is 0 Å². The Balaban J connectivity index is 0. The molecule has 0 unspecified atom stereocenters. The van der Waals surface area contributed by atoms with Crippen molar-refractivity contribution in [3.63, 3.8) is 0 Å². The Morgan fingerprint density at radius 3 is 0.0286 bits per heavy atom. The first-order chi connectivity index (χ1) is 0. The van der Waals surface area contributed by atoms with Crippen LogP contribution in [0.25, 0.3) is 0 Å². The van der Waals surface area contributed by atoms with Gasteiger partial charge in [0, 0.05) is 0 Å². The van der Waals surface area contributed by atoms with Crippen molar-refractivity contribution in [3.8, 4) is 0 Å². The molecule has 0 aliphatic carbocycles. The maximum Gasteiger partial charge on any atom is 2.00 e. The van der Waals surface area contributed by atoms with Gasteiger partial charge in [0.2, 0.25) is 0 Å². The Labute approximate surface area is 998 Å². The average molecular weight is 1600 g/mol. The van der Waals surface area contributed by atoms with Crippen molar-refractivity contribution in [1.82, 2.24) is 0 Å². The van der Waals surface area contributed by atoms with Crippen molar-refractivity contribution in [1.29, 1.82) is 0 Å². The third kappa shape index (κ3) is 1380. The van der Waals surface area contributed by atoms with E-state index in [4.69, 9.17) is 0 Å². The maximum absolute atomic E-state index is 0. The standard InChI is InChI=1S/20Ca.50O/q20*+2;50*-2. The summed E-state index contributed by atoms with van der Waals surface area (Å²) in [6.45, 7) is 0. The van der Waals surface area contributed by atoms with Crippen molar-refractivity contribution >= 4 is 755 Å². The van der Waals surface area contributed by atoms with Gasteiger partial charge in [-0.3, -0.25) is 0 Å². The average Bonchev–Trinajstić information content (AvgIpc) is 0. The van der Waals surface area contributed by atoms with E-state index < -0.39 is 0 Å². The van der Waals surface area contributed by atoms with Gasteiger partial charge in [0.05, 0.1) is 0 Å². The summed E-state index contributed by atoms with van der Waals surface area (Å²) < 4.78 is 0. The van der Waals surface area contributed by atoms with E-state index in [0.29, 0.717) is 0 Å². The second-order valence-electron chi connectivity index (χ2n) is 0. The smallest absolute Gasteiger partial charge is 2.00 e. The molecule has 0 aliphatic heterocycles. The van der Waals surface area contributed by atoms with E-state index in [9.17, 15) is 0 Å². The summed E-state index contributed by atoms with van der Waals surface area (Å²) in [4.78, 5) is 0. The summed E-state index contributed by atoms with van der Waals surface area (Å²) in [6.07, 6.45) is 0. The minimum absolute atomic E-state index is 0. The van der Waals surface area contributed by atoms with Gasteiger partial charge in [0.15, 0.2) is 0 Å². The molecule has 0 aromatic heterocycles. The predicted molar refractivity (Wildman–Crippen MR) is 149 cm³/mol. The van der Waals surface area contributed by atoms with Gasteiger partial charge in [-0.25, -0.2) is 0 Å². The largest absolute Gasteiger partial charge is 2.00 e. The quantitative estimate of drug-likeness (QED) is 0.204. The van der Waals surface area contributed by atoms with Crippen molar-refractivity contribution < 1.29 is 274 Å². The summed E-state index contributed by atoms with van der Waals surface area (Å²) in [5.41, 5.74) is 0. The van der Waals surface area contributed by atoms with Crippen LogP contribution >= 0.6 is 0 Å². The SMILES string of the molecule is [Ca+2].[Ca+2].[Ca+2].[Ca+2].[Ca+2].[Ca+2].[Ca+2].[Ca+2].[Ca+2].[Ca+2].[Ca+2].[Ca+2].[Ca+2].[Ca+2].[Ca+2].[Ca+2].[Ca+2].[Ca+2].[Ca+2].[Ca+2].[O-2].[O-2].[O-2].[O-2].[O-2].[O-2].[O-2].[O-2].[O-2].[O-2].[O-2].[O-2].[O-2].[O-2].[O-2].[O-2].[O-2].[O-2].[O-2].[O-2].[O-2].[O-2].[O-2].[O-2].[O-2].[O-2].[O-2].[O-2].[O-2].[O-2].[O-2].[O-2].[O-2].[O-2].[O-2].[O-2].[O-2].[O-2].[O-2].[O-2].[O-2].[O-2].[O-2].[O-2].[O-2].[O-2].[O-2].[O-2].[O-2].[O-2]. The molecule has 0 atom stereocenters. The van der Waals surface area contributed by atoms with Crippen LogP contribution < -0.4 is 0 Å². The molecule has 0 amide bonds. The van der Waals surface area contributed by atoms with E-state index >= 15 is 0 Å². The monoisotopic (exact) mass is 1600 g/mol. The number of rotatable bonds is 0. The molecule has 50 nitrogen and oxygen atoms in total. The molecule has 0 saturated heterocycles. The summed E-state index contributed by atoms with van der Waals surface area (Å²) in [5.74, 6) is 0. The van der Waals surface area contributed by atoms with Crippen LogP contribution in [-0.4, -0.2) is 755 Å². The summed E-state index contributed by atoms with van der Waals surface area (Å²) in [5, 5.41) is 0. The molecule has 0 aromatic rings. The summed E-state index contributed by atoms with van der Waals surface area (Å²) >= 11 is 0. The Morgan fingerprint density at radius 1 is 0.0286 bits per heavy atom. The first kappa shape index (κ1) is 1470. The fraction of sp³-hybridized carbons (Fsp3) is 0.